The summed E-state index contributed by atoms with van der Waals surface area (Å²) in [6.07, 6.45) is 4.58. The molecule has 5 nitrogen and oxygen atoms in total. The smallest absolute Gasteiger partial charge is 0.266 e. The Morgan fingerprint density at radius 2 is 1.83 bits per heavy atom. The average molecular weight is 403 g/mol. The van der Waals surface area contributed by atoms with E-state index >= 15 is 0 Å². The summed E-state index contributed by atoms with van der Waals surface area (Å²) in [4.78, 5) is 26.9. The van der Waals surface area contributed by atoms with Crippen LogP contribution < -0.4 is 19.5 Å². The number of ether oxygens (including phenoxy) is 1. The summed E-state index contributed by atoms with van der Waals surface area (Å²) < 4.78 is 11.8. The Labute approximate surface area is 170 Å². The molecule has 0 radical (unpaired) electrons. The van der Waals surface area contributed by atoms with Crippen LogP contribution in [0.1, 0.15) is 21.7 Å². The summed E-state index contributed by atoms with van der Waals surface area (Å²) in [5.41, 5.74) is 1.73. The van der Waals surface area contributed by atoms with E-state index in [1.54, 1.807) is 18.2 Å². The normalized spacial score (nSPS) is 12.3. The van der Waals surface area contributed by atoms with Crippen LogP contribution in [0.4, 0.5) is 0 Å². The van der Waals surface area contributed by atoms with E-state index in [4.69, 9.17) is 9.15 Å². The van der Waals surface area contributed by atoms with E-state index in [9.17, 15) is 9.59 Å². The van der Waals surface area contributed by atoms with Crippen molar-refractivity contribution in [2.75, 3.05) is 0 Å². The zero-order chi connectivity index (χ0) is 20.1. The van der Waals surface area contributed by atoms with Crippen molar-refractivity contribution in [3.05, 3.63) is 109 Å². The first-order chi connectivity index (χ1) is 14.2. The third kappa shape index (κ3) is 4.80. The lowest BCUT2D eigenvalue weighted by Crippen LogP contribution is -2.19. The van der Waals surface area contributed by atoms with E-state index in [2.05, 4.69) is 4.98 Å². The van der Waals surface area contributed by atoms with Gasteiger partial charge in [0.05, 0.1) is 15.5 Å². The molecule has 144 valence electrons. The minimum absolute atomic E-state index is 0.232. The van der Waals surface area contributed by atoms with Gasteiger partial charge in [-0.3, -0.25) is 9.59 Å². The largest absolute Gasteiger partial charge is 0.489 e. The van der Waals surface area contributed by atoms with Crippen LogP contribution in [0.2, 0.25) is 0 Å². The highest BCUT2D eigenvalue weighted by Crippen LogP contribution is 2.14. The maximum atomic E-state index is 12.2. The van der Waals surface area contributed by atoms with Gasteiger partial charge in [0.25, 0.3) is 5.56 Å². The number of aromatic amines is 1. The quantitative estimate of drug-likeness (QED) is 0.502. The lowest BCUT2D eigenvalue weighted by Gasteiger charge is -2.06. The third-order valence-corrected chi connectivity index (χ3v) is 5.10. The molecule has 0 saturated carbocycles. The molecule has 0 atom stereocenters. The third-order valence-electron chi connectivity index (χ3n) is 4.13. The fourth-order valence-corrected chi connectivity index (χ4v) is 3.57. The van der Waals surface area contributed by atoms with Gasteiger partial charge in [-0.15, -0.1) is 11.3 Å². The van der Waals surface area contributed by atoms with Gasteiger partial charge in [0.1, 0.15) is 12.4 Å². The number of carbonyl (C=O) groups excluding carboxylic acids is 1. The van der Waals surface area contributed by atoms with Crippen molar-refractivity contribution in [3.8, 4) is 5.75 Å². The van der Waals surface area contributed by atoms with E-state index in [1.807, 2.05) is 54.6 Å². The first-order valence-corrected chi connectivity index (χ1v) is 9.76. The Hall–Kier alpha value is -3.64. The van der Waals surface area contributed by atoms with E-state index in [0.717, 1.165) is 16.9 Å². The highest BCUT2D eigenvalue weighted by Gasteiger charge is 2.05. The van der Waals surface area contributed by atoms with Crippen LogP contribution in [0.3, 0.4) is 0 Å². The molecule has 0 spiro atoms. The second-order valence-electron chi connectivity index (χ2n) is 6.26. The van der Waals surface area contributed by atoms with Gasteiger partial charge in [-0.1, -0.05) is 42.5 Å². The van der Waals surface area contributed by atoms with E-state index in [1.165, 1.54) is 23.7 Å². The number of furan rings is 1. The summed E-state index contributed by atoms with van der Waals surface area (Å²) in [5.74, 6) is 0.694. The molecule has 0 amide bonds. The lowest BCUT2D eigenvalue weighted by atomic mass is 10.2. The molecule has 2 aromatic carbocycles. The number of Topliss-reactive ketones (excluding diaryl/α,β-unsaturated/α-hetero) is 1. The Balaban J connectivity index is 1.50. The Bertz CT molecular complexity index is 1270. The highest BCUT2D eigenvalue weighted by molar-refractivity contribution is 7.07. The molecule has 6 heteroatoms. The number of rotatable bonds is 6. The molecule has 0 unspecified atom stereocenters. The van der Waals surface area contributed by atoms with Gasteiger partial charge in [0.15, 0.2) is 5.76 Å². The van der Waals surface area contributed by atoms with Crippen molar-refractivity contribution in [1.82, 2.24) is 4.98 Å². The standard InChI is InChI=1S/C23H17NO4S/c25-19(20-7-4-12-27-20)14-22-24-23(26)21(29-22)13-16-8-10-18(11-9-16)28-15-17-5-2-1-3-6-17/h1-14H,15H2,(H,24,26)/b21-13-,22-14-. The monoisotopic (exact) mass is 403 g/mol. The van der Waals surface area contributed by atoms with Crippen LogP contribution in [-0.4, -0.2) is 10.8 Å². The molecular formula is C23H17NO4S. The Morgan fingerprint density at radius 3 is 2.55 bits per heavy atom. The molecule has 0 fully saturated rings. The predicted octanol–water partition coefficient (Wildman–Crippen LogP) is 3.10. The SMILES string of the molecule is O=C(/C=c1/[nH]c(=O)/c(=C/c2ccc(OCc3ccccc3)cc2)s1)c1ccco1. The molecular weight excluding hydrogens is 386 g/mol. The first kappa shape index (κ1) is 18.7. The highest BCUT2D eigenvalue weighted by atomic mass is 32.1. The number of hydrogen-bond acceptors (Lipinski definition) is 5. The van der Waals surface area contributed by atoms with Gasteiger partial charge in [-0.2, -0.15) is 0 Å². The van der Waals surface area contributed by atoms with Crippen molar-refractivity contribution in [3.63, 3.8) is 0 Å². The van der Waals surface area contributed by atoms with Crippen LogP contribution in [0.5, 0.6) is 5.75 Å². The number of nitrogens with one attached hydrogen (secondary N) is 1. The van der Waals surface area contributed by atoms with Crippen LogP contribution >= 0.6 is 11.3 Å². The minimum atomic E-state index is -0.293. The molecule has 1 N–H and O–H groups in total. The fourth-order valence-electron chi connectivity index (χ4n) is 2.69. The van der Waals surface area contributed by atoms with Gasteiger partial charge in [-0.25, -0.2) is 0 Å². The van der Waals surface area contributed by atoms with Gasteiger partial charge >= 0.3 is 0 Å². The van der Waals surface area contributed by atoms with E-state index in [-0.39, 0.29) is 17.1 Å². The summed E-state index contributed by atoms with van der Waals surface area (Å²) in [5, 5.41) is 0. The molecule has 0 aliphatic heterocycles. The number of carbonyl (C=O) groups is 1. The predicted molar refractivity (Wildman–Crippen MR) is 112 cm³/mol. The maximum absolute atomic E-state index is 12.2. The van der Waals surface area contributed by atoms with Gasteiger partial charge < -0.3 is 14.1 Å². The number of H-pyrrole nitrogens is 1. The second-order valence-corrected chi connectivity index (χ2v) is 7.34. The second kappa shape index (κ2) is 8.58. The van der Waals surface area contributed by atoms with Gasteiger partial charge in [-0.05, 0) is 41.5 Å². The van der Waals surface area contributed by atoms with Crippen molar-refractivity contribution in [2.24, 2.45) is 0 Å². The Kier molecular flexibility index (Phi) is 5.54. The fraction of sp³-hybridized carbons (Fsp3) is 0.0435. The molecule has 0 bridgehead atoms. The summed E-state index contributed by atoms with van der Waals surface area (Å²) in [6.45, 7) is 0.497. The molecule has 4 aromatic rings. The number of thiazole rings is 1. The zero-order valence-corrected chi connectivity index (χ0v) is 16.1. The van der Waals surface area contributed by atoms with Crippen molar-refractivity contribution >= 4 is 29.3 Å². The van der Waals surface area contributed by atoms with Crippen molar-refractivity contribution in [2.45, 2.75) is 6.61 Å². The van der Waals surface area contributed by atoms with Crippen LogP contribution in [0.15, 0.2) is 82.2 Å². The van der Waals surface area contributed by atoms with Crippen molar-refractivity contribution < 1.29 is 13.9 Å². The summed E-state index contributed by atoms with van der Waals surface area (Å²) in [6, 6.07) is 20.7. The van der Waals surface area contributed by atoms with Crippen LogP contribution in [0.25, 0.3) is 12.2 Å². The molecule has 0 aliphatic carbocycles. The summed E-state index contributed by atoms with van der Waals surface area (Å²) >= 11 is 1.22. The Morgan fingerprint density at radius 1 is 1.03 bits per heavy atom. The molecule has 2 aromatic heterocycles. The number of aromatic nitrogens is 1. The molecule has 4 rings (SSSR count). The summed E-state index contributed by atoms with van der Waals surface area (Å²) in [7, 11) is 0. The first-order valence-electron chi connectivity index (χ1n) is 8.94. The van der Waals surface area contributed by atoms with E-state index < -0.39 is 0 Å². The van der Waals surface area contributed by atoms with Gasteiger partial charge in [0.2, 0.25) is 5.78 Å². The van der Waals surface area contributed by atoms with Crippen molar-refractivity contribution in [1.29, 1.82) is 0 Å². The van der Waals surface area contributed by atoms with Gasteiger partial charge in [0, 0.05) is 6.08 Å². The minimum Gasteiger partial charge on any atom is -0.489 e. The zero-order valence-electron chi connectivity index (χ0n) is 15.3. The topological polar surface area (TPSA) is 72.3 Å². The van der Waals surface area contributed by atoms with E-state index in [0.29, 0.717) is 15.8 Å². The lowest BCUT2D eigenvalue weighted by molar-refractivity contribution is 0.103. The maximum Gasteiger partial charge on any atom is 0.266 e. The average Bonchev–Trinajstić information content (AvgIpc) is 3.39. The number of benzene rings is 2. The number of ketones is 1. The molecule has 29 heavy (non-hydrogen) atoms. The van der Waals surface area contributed by atoms with Crippen LogP contribution in [-0.2, 0) is 6.61 Å². The molecule has 2 heterocycles. The molecule has 0 saturated heterocycles. The molecule has 0 aliphatic rings. The van der Waals surface area contributed by atoms with Crippen LogP contribution in [0, 0.1) is 0 Å². The number of hydrogen-bond donors (Lipinski definition) is 1.